The zero-order valence-electron chi connectivity index (χ0n) is 62.0. The number of carbonyl (C=O) groups excluding carboxylic acids is 4. The summed E-state index contributed by atoms with van der Waals surface area (Å²) >= 11 is 0. The van der Waals surface area contributed by atoms with E-state index in [-0.39, 0.29) is 25.7 Å². The van der Waals surface area contributed by atoms with E-state index in [0.29, 0.717) is 25.7 Å². The van der Waals surface area contributed by atoms with Gasteiger partial charge in [-0.1, -0.05) is 343 Å². The molecule has 0 fully saturated rings. The molecule has 0 spiro atoms. The van der Waals surface area contributed by atoms with Crippen LogP contribution in [0.2, 0.25) is 0 Å². The highest BCUT2D eigenvalue weighted by Crippen LogP contribution is 2.45. The van der Waals surface area contributed by atoms with Crippen LogP contribution in [-0.4, -0.2) is 96.7 Å². The van der Waals surface area contributed by atoms with Crippen LogP contribution in [0, 0.1) is 11.8 Å². The fraction of sp³-hybridized carbons (Fsp3) is 0.947. The molecule has 0 aromatic carbocycles. The highest BCUT2D eigenvalue weighted by molar-refractivity contribution is 7.47. The molecule has 0 saturated heterocycles. The Hall–Kier alpha value is -1.94. The molecule has 0 rings (SSSR count). The summed E-state index contributed by atoms with van der Waals surface area (Å²) in [6.45, 7) is 9.54. The summed E-state index contributed by atoms with van der Waals surface area (Å²) in [4.78, 5) is 72.5. The van der Waals surface area contributed by atoms with Crippen LogP contribution in [0.5, 0.6) is 0 Å². The van der Waals surface area contributed by atoms with Crippen molar-refractivity contribution in [1.82, 2.24) is 0 Å². The summed E-state index contributed by atoms with van der Waals surface area (Å²) in [6.07, 6.45) is 55.9. The third kappa shape index (κ3) is 70.3. The third-order valence-electron chi connectivity index (χ3n) is 17.7. The van der Waals surface area contributed by atoms with E-state index in [1.165, 1.54) is 205 Å². The number of phosphoric ester groups is 2. The number of hydrogen-bond acceptors (Lipinski definition) is 15. The first-order chi connectivity index (χ1) is 45.9. The van der Waals surface area contributed by atoms with Crippen LogP contribution < -0.4 is 0 Å². The Kier molecular flexibility index (Phi) is 66.5. The molecule has 0 aromatic heterocycles. The average molecular weight is 1400 g/mol. The summed E-state index contributed by atoms with van der Waals surface area (Å²) in [5.74, 6) is -0.550. The Morgan fingerprint density at radius 1 is 0.284 bits per heavy atom. The molecule has 2 unspecified atom stereocenters. The number of rotatable bonds is 75. The topological polar surface area (TPSA) is 237 Å². The first-order valence-corrected chi connectivity index (χ1v) is 42.5. The van der Waals surface area contributed by atoms with Gasteiger partial charge in [0.05, 0.1) is 26.4 Å². The Balaban J connectivity index is 5.14. The molecule has 5 atom stereocenters. The van der Waals surface area contributed by atoms with Crippen molar-refractivity contribution in [3.63, 3.8) is 0 Å². The van der Waals surface area contributed by atoms with E-state index in [4.69, 9.17) is 37.0 Å². The molecule has 0 saturated carbocycles. The molecular weight excluding hydrogens is 1250 g/mol. The number of carbonyl (C=O) groups is 4. The lowest BCUT2D eigenvalue weighted by molar-refractivity contribution is -0.161. The highest BCUT2D eigenvalue weighted by atomic mass is 31.2. The Labute approximate surface area is 581 Å². The van der Waals surface area contributed by atoms with Crippen LogP contribution in [0.1, 0.15) is 395 Å². The molecule has 0 aromatic rings. The van der Waals surface area contributed by atoms with Crippen molar-refractivity contribution in [2.24, 2.45) is 11.8 Å². The van der Waals surface area contributed by atoms with Gasteiger partial charge in [-0.25, -0.2) is 9.13 Å². The van der Waals surface area contributed by atoms with Crippen molar-refractivity contribution in [1.29, 1.82) is 0 Å². The molecule has 0 bridgehead atoms. The van der Waals surface area contributed by atoms with Crippen molar-refractivity contribution in [3.05, 3.63) is 0 Å². The molecule has 0 heterocycles. The fourth-order valence-corrected chi connectivity index (χ4v) is 13.2. The number of esters is 4. The predicted octanol–water partition coefficient (Wildman–Crippen LogP) is 22.3. The van der Waals surface area contributed by atoms with E-state index in [0.717, 1.165) is 108 Å². The number of unbranched alkanes of at least 4 members (excludes halogenated alkanes) is 45. The van der Waals surface area contributed by atoms with Gasteiger partial charge in [-0.3, -0.25) is 37.3 Å². The van der Waals surface area contributed by atoms with Gasteiger partial charge in [0, 0.05) is 25.7 Å². The van der Waals surface area contributed by atoms with Gasteiger partial charge in [-0.2, -0.15) is 0 Å². The van der Waals surface area contributed by atoms with Gasteiger partial charge in [0.25, 0.3) is 0 Å². The van der Waals surface area contributed by atoms with Crippen LogP contribution in [0.3, 0.4) is 0 Å². The summed E-state index contributed by atoms with van der Waals surface area (Å²) < 4.78 is 68.3. The molecule has 0 aliphatic heterocycles. The molecule has 0 radical (unpaired) electrons. The van der Waals surface area contributed by atoms with Gasteiger partial charge < -0.3 is 33.8 Å². The van der Waals surface area contributed by atoms with Crippen LogP contribution in [0.25, 0.3) is 0 Å². The molecule has 0 aliphatic rings. The molecule has 19 heteroatoms. The van der Waals surface area contributed by atoms with Crippen molar-refractivity contribution in [2.45, 2.75) is 413 Å². The van der Waals surface area contributed by atoms with Crippen molar-refractivity contribution < 1.29 is 80.2 Å². The smallest absolute Gasteiger partial charge is 0.462 e. The van der Waals surface area contributed by atoms with Gasteiger partial charge in [0.15, 0.2) is 12.2 Å². The van der Waals surface area contributed by atoms with Crippen molar-refractivity contribution in [2.75, 3.05) is 39.6 Å². The minimum absolute atomic E-state index is 0.106. The molecule has 0 amide bonds. The lowest BCUT2D eigenvalue weighted by Crippen LogP contribution is -2.30. The maximum Gasteiger partial charge on any atom is 0.472 e. The highest BCUT2D eigenvalue weighted by Gasteiger charge is 2.30. The van der Waals surface area contributed by atoms with Gasteiger partial charge in [0.1, 0.15) is 19.3 Å². The maximum absolute atomic E-state index is 13.1. The van der Waals surface area contributed by atoms with Crippen molar-refractivity contribution >= 4 is 39.5 Å². The van der Waals surface area contributed by atoms with Crippen LogP contribution in [0.15, 0.2) is 0 Å². The standard InChI is InChI=1S/C76H148O17P2/c1-7-9-11-13-14-15-16-17-18-19-20-21-26-32-37-42-48-54-61-76(81)93-72(65-87-74(79)59-53-47-41-36-31-25-23-22-24-29-34-39-45-50-56-68(3)4)67-91-95(84,85)89-63-70(77)62-88-94(82,83)90-66-71(64-86-73(78)58-52-44-12-10-8-2)92-75(80)60-55-49-43-38-33-28-27-30-35-40-46-51-57-69(5)6/h68-72,77H,7-67H2,1-6H3,(H,82,83)(H,84,85)/t70-,71+,72+/m0/s1. The van der Waals surface area contributed by atoms with E-state index < -0.39 is 97.5 Å². The van der Waals surface area contributed by atoms with E-state index in [1.807, 2.05) is 0 Å². The summed E-state index contributed by atoms with van der Waals surface area (Å²) in [5.41, 5.74) is 0. The second-order valence-electron chi connectivity index (χ2n) is 28.3. The SMILES string of the molecule is CCCCCCCCCCCCCCCCCCCCC(=O)O[C@H](COC(=O)CCCCCCCCCCCCCCCCC(C)C)COP(=O)(O)OC[C@@H](O)COP(=O)(O)OC[C@@H](COC(=O)CCCCCCC)OC(=O)CCCCCCCCCCCCCCC(C)C. The second kappa shape index (κ2) is 67.9. The minimum atomic E-state index is -4.96. The summed E-state index contributed by atoms with van der Waals surface area (Å²) in [5, 5.41) is 10.6. The zero-order valence-corrected chi connectivity index (χ0v) is 63.8. The summed E-state index contributed by atoms with van der Waals surface area (Å²) in [7, 11) is -9.90. The van der Waals surface area contributed by atoms with Crippen LogP contribution >= 0.6 is 15.6 Å². The van der Waals surface area contributed by atoms with Crippen LogP contribution in [0.4, 0.5) is 0 Å². The fourth-order valence-electron chi connectivity index (χ4n) is 11.7. The number of hydrogen-bond donors (Lipinski definition) is 3. The average Bonchev–Trinajstić information content (AvgIpc) is 1.97. The van der Waals surface area contributed by atoms with Gasteiger partial charge in [0.2, 0.25) is 0 Å². The predicted molar refractivity (Wildman–Crippen MR) is 386 cm³/mol. The number of phosphoric acid groups is 2. The first-order valence-electron chi connectivity index (χ1n) is 39.5. The van der Waals surface area contributed by atoms with Crippen LogP contribution in [-0.2, 0) is 65.4 Å². The summed E-state index contributed by atoms with van der Waals surface area (Å²) in [6, 6.07) is 0. The normalized spacial score (nSPS) is 14.0. The quantitative estimate of drug-likeness (QED) is 0.0222. The van der Waals surface area contributed by atoms with E-state index in [2.05, 4.69) is 41.5 Å². The molecule has 564 valence electrons. The monoisotopic (exact) mass is 1400 g/mol. The van der Waals surface area contributed by atoms with E-state index >= 15 is 0 Å². The number of aliphatic hydroxyl groups is 1. The van der Waals surface area contributed by atoms with Gasteiger partial charge in [-0.05, 0) is 37.5 Å². The molecule has 3 N–H and O–H groups in total. The maximum atomic E-state index is 13.1. The molecule has 0 aliphatic carbocycles. The molecule has 95 heavy (non-hydrogen) atoms. The molecule has 17 nitrogen and oxygen atoms in total. The Bertz CT molecular complexity index is 1840. The largest absolute Gasteiger partial charge is 0.472 e. The second-order valence-corrected chi connectivity index (χ2v) is 31.3. The van der Waals surface area contributed by atoms with Gasteiger partial charge >= 0.3 is 39.5 Å². The zero-order chi connectivity index (χ0) is 70.0. The lowest BCUT2D eigenvalue weighted by atomic mass is 10.0. The first kappa shape index (κ1) is 93.1. The minimum Gasteiger partial charge on any atom is -0.462 e. The molecular formula is C76H148O17P2. The number of ether oxygens (including phenoxy) is 4. The van der Waals surface area contributed by atoms with Gasteiger partial charge in [-0.15, -0.1) is 0 Å². The Morgan fingerprint density at radius 3 is 0.716 bits per heavy atom. The van der Waals surface area contributed by atoms with E-state index in [9.17, 15) is 43.2 Å². The van der Waals surface area contributed by atoms with Crippen molar-refractivity contribution in [3.8, 4) is 0 Å². The lowest BCUT2D eigenvalue weighted by Gasteiger charge is -2.21. The number of aliphatic hydroxyl groups excluding tert-OH is 1. The van der Waals surface area contributed by atoms with E-state index in [1.54, 1.807) is 0 Å². The third-order valence-corrected chi connectivity index (χ3v) is 19.6. The Morgan fingerprint density at radius 2 is 0.484 bits per heavy atom.